The topological polar surface area (TPSA) is 106 Å². The van der Waals surface area contributed by atoms with Crippen LogP contribution >= 0.6 is 0 Å². The van der Waals surface area contributed by atoms with Crippen LogP contribution in [-0.4, -0.2) is 48.0 Å². The highest BCUT2D eigenvalue weighted by molar-refractivity contribution is 5.99. The molecule has 1 aromatic heterocycles. The van der Waals surface area contributed by atoms with Gasteiger partial charge in [-0.2, -0.15) is 4.98 Å². The van der Waals surface area contributed by atoms with E-state index >= 15 is 0 Å². The van der Waals surface area contributed by atoms with Crippen LogP contribution in [0.1, 0.15) is 46.3 Å². The second kappa shape index (κ2) is 10.9. The summed E-state index contributed by atoms with van der Waals surface area (Å²) < 4.78 is 11.3. The molecule has 1 fully saturated rings. The van der Waals surface area contributed by atoms with Gasteiger partial charge in [-0.1, -0.05) is 29.8 Å². The lowest BCUT2D eigenvalue weighted by Crippen LogP contribution is -2.45. The van der Waals surface area contributed by atoms with Gasteiger partial charge in [0.05, 0.1) is 7.11 Å². The van der Waals surface area contributed by atoms with E-state index in [9.17, 15) is 9.59 Å². The molecule has 0 aliphatic carbocycles. The molecule has 1 saturated heterocycles. The molecule has 0 saturated carbocycles. The van der Waals surface area contributed by atoms with Crippen molar-refractivity contribution in [3.05, 3.63) is 70.9 Å². The number of amides is 2. The lowest BCUT2D eigenvalue weighted by molar-refractivity contribution is -0.122. The molecule has 9 heteroatoms. The molecule has 2 aromatic carbocycles. The van der Waals surface area contributed by atoms with Crippen LogP contribution < -0.4 is 25.0 Å². The SMILES string of the molecule is COc1ccc(COc2nc(N3CCc4cc(C)ccc43)ncc2C(=O)NC2CCCCNC2=O)cc1. The zero-order valence-corrected chi connectivity index (χ0v) is 21.1. The third kappa shape index (κ3) is 5.50. The molecule has 0 bridgehead atoms. The molecule has 2 aliphatic rings. The molecule has 37 heavy (non-hydrogen) atoms. The van der Waals surface area contributed by atoms with Crippen LogP contribution in [-0.2, 0) is 17.8 Å². The summed E-state index contributed by atoms with van der Waals surface area (Å²) in [6.07, 6.45) is 4.71. The van der Waals surface area contributed by atoms with Crippen molar-refractivity contribution in [3.63, 3.8) is 0 Å². The van der Waals surface area contributed by atoms with Crippen LogP contribution in [0.3, 0.4) is 0 Å². The molecule has 3 aromatic rings. The first-order chi connectivity index (χ1) is 18.0. The summed E-state index contributed by atoms with van der Waals surface area (Å²) in [6, 6.07) is 13.2. The van der Waals surface area contributed by atoms with Crippen LogP contribution in [0.5, 0.6) is 11.6 Å². The Morgan fingerprint density at radius 2 is 2.03 bits per heavy atom. The van der Waals surface area contributed by atoms with Crippen molar-refractivity contribution in [2.24, 2.45) is 0 Å². The summed E-state index contributed by atoms with van der Waals surface area (Å²) in [5, 5.41) is 5.70. The number of carbonyl (C=O) groups excluding carboxylic acids is 2. The van der Waals surface area contributed by atoms with Crippen LogP contribution in [0.25, 0.3) is 0 Å². The minimum absolute atomic E-state index is 0.173. The molecule has 3 heterocycles. The molecule has 9 nitrogen and oxygen atoms in total. The monoisotopic (exact) mass is 501 g/mol. The predicted molar refractivity (Wildman–Crippen MR) is 139 cm³/mol. The number of rotatable bonds is 7. The van der Waals surface area contributed by atoms with E-state index in [1.54, 1.807) is 7.11 Å². The largest absolute Gasteiger partial charge is 0.497 e. The molecule has 0 spiro atoms. The van der Waals surface area contributed by atoms with Gasteiger partial charge in [0.1, 0.15) is 24.0 Å². The first-order valence-corrected chi connectivity index (χ1v) is 12.6. The number of carbonyl (C=O) groups is 2. The minimum Gasteiger partial charge on any atom is -0.497 e. The average Bonchev–Trinajstić information content (AvgIpc) is 3.23. The Labute approximate surface area is 216 Å². The van der Waals surface area contributed by atoms with E-state index in [-0.39, 0.29) is 24.0 Å². The summed E-state index contributed by atoms with van der Waals surface area (Å²) in [4.78, 5) is 36.9. The van der Waals surface area contributed by atoms with Crippen molar-refractivity contribution >= 4 is 23.5 Å². The number of fused-ring (bicyclic) bond motifs is 1. The molecule has 0 radical (unpaired) electrons. The van der Waals surface area contributed by atoms with Gasteiger partial charge >= 0.3 is 0 Å². The van der Waals surface area contributed by atoms with Crippen molar-refractivity contribution in [2.45, 2.75) is 45.3 Å². The van der Waals surface area contributed by atoms with Crippen LogP contribution in [0.15, 0.2) is 48.7 Å². The molecular weight excluding hydrogens is 470 g/mol. The van der Waals surface area contributed by atoms with Gasteiger partial charge in [0, 0.05) is 25.0 Å². The van der Waals surface area contributed by atoms with E-state index in [2.05, 4.69) is 45.7 Å². The predicted octanol–water partition coefficient (Wildman–Crippen LogP) is 3.47. The molecule has 2 amide bonds. The molecule has 1 unspecified atom stereocenters. The number of aromatic nitrogens is 2. The zero-order chi connectivity index (χ0) is 25.8. The average molecular weight is 502 g/mol. The molecular formula is C28H31N5O4. The highest BCUT2D eigenvalue weighted by Crippen LogP contribution is 2.34. The van der Waals surface area contributed by atoms with Crippen molar-refractivity contribution in [3.8, 4) is 11.6 Å². The second-order valence-electron chi connectivity index (χ2n) is 9.37. The summed E-state index contributed by atoms with van der Waals surface area (Å²) in [5.74, 6) is 0.783. The van der Waals surface area contributed by atoms with E-state index in [0.717, 1.165) is 42.8 Å². The summed E-state index contributed by atoms with van der Waals surface area (Å²) >= 11 is 0. The number of hydrogen-bond acceptors (Lipinski definition) is 7. The van der Waals surface area contributed by atoms with Crippen LogP contribution in [0, 0.1) is 6.92 Å². The van der Waals surface area contributed by atoms with E-state index in [4.69, 9.17) is 9.47 Å². The fourth-order valence-electron chi connectivity index (χ4n) is 4.68. The van der Waals surface area contributed by atoms with Gasteiger partial charge in [0.15, 0.2) is 0 Å². The molecule has 5 rings (SSSR count). The van der Waals surface area contributed by atoms with E-state index in [0.29, 0.717) is 18.9 Å². The summed E-state index contributed by atoms with van der Waals surface area (Å²) in [6.45, 7) is 3.65. The Kier molecular flexibility index (Phi) is 7.20. The van der Waals surface area contributed by atoms with E-state index in [1.807, 2.05) is 29.2 Å². The van der Waals surface area contributed by atoms with Crippen LogP contribution in [0.2, 0.25) is 0 Å². The molecule has 1 atom stereocenters. The zero-order valence-electron chi connectivity index (χ0n) is 21.1. The normalized spacial score (nSPS) is 17.0. The van der Waals surface area contributed by atoms with Crippen molar-refractivity contribution in [2.75, 3.05) is 25.1 Å². The Balaban J connectivity index is 1.42. The van der Waals surface area contributed by atoms with Crippen molar-refractivity contribution in [1.82, 2.24) is 20.6 Å². The highest BCUT2D eigenvalue weighted by Gasteiger charge is 2.28. The number of hydrogen-bond donors (Lipinski definition) is 2. The highest BCUT2D eigenvalue weighted by atomic mass is 16.5. The second-order valence-corrected chi connectivity index (χ2v) is 9.37. The Morgan fingerprint density at radius 3 is 2.84 bits per heavy atom. The Morgan fingerprint density at radius 1 is 1.19 bits per heavy atom. The number of aryl methyl sites for hydroxylation is 1. The maximum Gasteiger partial charge on any atom is 0.259 e. The van der Waals surface area contributed by atoms with Gasteiger partial charge in [-0.3, -0.25) is 9.59 Å². The fourth-order valence-corrected chi connectivity index (χ4v) is 4.68. The van der Waals surface area contributed by atoms with Gasteiger partial charge in [0.25, 0.3) is 5.91 Å². The maximum absolute atomic E-state index is 13.3. The minimum atomic E-state index is -0.599. The van der Waals surface area contributed by atoms with Gasteiger partial charge in [-0.25, -0.2) is 4.98 Å². The van der Waals surface area contributed by atoms with Gasteiger partial charge in [-0.15, -0.1) is 0 Å². The number of anilines is 2. The van der Waals surface area contributed by atoms with Crippen LogP contribution in [0.4, 0.5) is 11.6 Å². The Bertz CT molecular complexity index is 1290. The third-order valence-electron chi connectivity index (χ3n) is 6.73. The van der Waals surface area contributed by atoms with E-state index < -0.39 is 11.9 Å². The van der Waals surface area contributed by atoms with Gasteiger partial charge in [0.2, 0.25) is 17.7 Å². The van der Waals surface area contributed by atoms with Gasteiger partial charge in [-0.05, 0) is 61.9 Å². The number of benzene rings is 2. The Hall–Kier alpha value is -4.14. The number of ether oxygens (including phenoxy) is 2. The van der Waals surface area contributed by atoms with Crippen molar-refractivity contribution < 1.29 is 19.1 Å². The first-order valence-electron chi connectivity index (χ1n) is 12.6. The molecule has 2 N–H and O–H groups in total. The molecule has 192 valence electrons. The van der Waals surface area contributed by atoms with Gasteiger partial charge < -0.3 is 25.0 Å². The number of nitrogens with one attached hydrogen (secondary N) is 2. The number of nitrogens with zero attached hydrogens (tertiary/aromatic N) is 3. The lowest BCUT2D eigenvalue weighted by atomic mass is 10.1. The number of methoxy groups -OCH3 is 1. The van der Waals surface area contributed by atoms with Crippen molar-refractivity contribution in [1.29, 1.82) is 0 Å². The molecule has 2 aliphatic heterocycles. The lowest BCUT2D eigenvalue weighted by Gasteiger charge is -2.20. The summed E-state index contributed by atoms with van der Waals surface area (Å²) in [7, 11) is 1.62. The first kappa shape index (κ1) is 24.5. The fraction of sp³-hybridized carbons (Fsp3) is 0.357. The quantitative estimate of drug-likeness (QED) is 0.511. The van der Waals surface area contributed by atoms with E-state index in [1.165, 1.54) is 17.3 Å². The summed E-state index contributed by atoms with van der Waals surface area (Å²) in [5.41, 5.74) is 4.60. The standard InChI is InChI=1S/C28H31N5O4/c1-18-6-11-24-20(15-18)12-14-33(24)28-30-16-22(25(34)31-23-5-3-4-13-29-26(23)35)27(32-28)37-17-19-7-9-21(36-2)10-8-19/h6-11,15-16,23H,3-5,12-14,17H2,1-2H3,(H,29,35)(H,31,34). The third-order valence-corrected chi connectivity index (χ3v) is 6.73. The smallest absolute Gasteiger partial charge is 0.259 e. The maximum atomic E-state index is 13.3.